The summed E-state index contributed by atoms with van der Waals surface area (Å²) in [5.74, 6) is -3.24. The van der Waals surface area contributed by atoms with Crippen molar-refractivity contribution in [1.82, 2.24) is 4.90 Å². The fraction of sp³-hybridized carbons (Fsp3) is 0.684. The maximum Gasteiger partial charge on any atom is 0.249 e. The largest absolute Gasteiger partial charge is 0.303 e. The van der Waals surface area contributed by atoms with Crippen LogP contribution in [0.3, 0.4) is 0 Å². The van der Waals surface area contributed by atoms with Crippen LogP contribution in [0.1, 0.15) is 46.5 Å². The van der Waals surface area contributed by atoms with Gasteiger partial charge in [0.1, 0.15) is 0 Å². The molecule has 0 aromatic heterocycles. The highest BCUT2D eigenvalue weighted by atomic mass is 32.2. The van der Waals surface area contributed by atoms with Crippen molar-refractivity contribution in [3.63, 3.8) is 0 Å². The molecular weight excluding hydrogens is 344 g/mol. The Morgan fingerprint density at radius 2 is 1.80 bits per heavy atom. The van der Waals surface area contributed by atoms with Crippen molar-refractivity contribution in [1.29, 1.82) is 0 Å². The van der Waals surface area contributed by atoms with E-state index in [4.69, 9.17) is 0 Å². The van der Waals surface area contributed by atoms with E-state index in [-0.39, 0.29) is 0 Å². The number of likely N-dealkylation sites (tertiary alicyclic amines) is 1. The molecule has 2 rings (SSSR count). The molecule has 0 saturated carbocycles. The Morgan fingerprint density at radius 3 is 2.40 bits per heavy atom. The molecule has 6 heteroatoms. The Morgan fingerprint density at radius 1 is 1.16 bits per heavy atom. The summed E-state index contributed by atoms with van der Waals surface area (Å²) in [6, 6.07) is 8.48. The van der Waals surface area contributed by atoms with Crippen LogP contribution in [0.2, 0.25) is 0 Å². The van der Waals surface area contributed by atoms with E-state index in [2.05, 4.69) is 4.90 Å². The topological polar surface area (TPSA) is 37.4 Å². The molecule has 1 aromatic carbocycles. The van der Waals surface area contributed by atoms with Crippen LogP contribution < -0.4 is 0 Å². The van der Waals surface area contributed by atoms with Gasteiger partial charge in [-0.2, -0.15) is 0 Å². The molecule has 1 heterocycles. The molecule has 0 bridgehead atoms. The van der Waals surface area contributed by atoms with Crippen molar-refractivity contribution in [2.75, 3.05) is 19.6 Å². The number of halogens is 2. The van der Waals surface area contributed by atoms with Gasteiger partial charge in [0, 0.05) is 12.5 Å². The first-order valence-electron chi connectivity index (χ1n) is 8.94. The lowest BCUT2D eigenvalue weighted by molar-refractivity contribution is -0.0662. The molecule has 0 spiro atoms. The monoisotopic (exact) mass is 373 g/mol. The number of nitrogens with zero attached hydrogens (tertiary/aromatic N) is 1. The van der Waals surface area contributed by atoms with Gasteiger partial charge in [0.25, 0.3) is 0 Å². The average Bonchev–Trinajstić information content (AvgIpc) is 2.55. The number of benzene rings is 1. The summed E-state index contributed by atoms with van der Waals surface area (Å²) in [6.45, 7) is 6.37. The van der Waals surface area contributed by atoms with Gasteiger partial charge in [0.2, 0.25) is 5.92 Å². The molecule has 1 atom stereocenters. The van der Waals surface area contributed by atoms with Crippen molar-refractivity contribution in [3.8, 4) is 0 Å². The van der Waals surface area contributed by atoms with Crippen molar-refractivity contribution in [2.24, 2.45) is 5.92 Å². The Labute approximate surface area is 150 Å². The van der Waals surface area contributed by atoms with E-state index < -0.39 is 26.4 Å². The minimum absolute atomic E-state index is 0.337. The fourth-order valence-electron chi connectivity index (χ4n) is 3.45. The number of sulfone groups is 1. The van der Waals surface area contributed by atoms with Crippen molar-refractivity contribution < 1.29 is 17.2 Å². The molecule has 1 aliphatic rings. The quantitative estimate of drug-likeness (QED) is 0.711. The van der Waals surface area contributed by atoms with Gasteiger partial charge in [-0.3, -0.25) is 0 Å². The number of rotatable bonds is 7. The smallest absolute Gasteiger partial charge is 0.249 e. The summed E-state index contributed by atoms with van der Waals surface area (Å²) in [4.78, 5) is 2.39. The molecule has 3 nitrogen and oxygen atoms in total. The number of hydrogen-bond donors (Lipinski definition) is 0. The van der Waals surface area contributed by atoms with Crippen LogP contribution in [0.25, 0.3) is 0 Å². The molecule has 1 fully saturated rings. The highest BCUT2D eigenvalue weighted by Crippen LogP contribution is 2.33. The molecule has 1 saturated heterocycles. The van der Waals surface area contributed by atoms with Gasteiger partial charge in [0.15, 0.2) is 9.84 Å². The predicted octanol–water partition coefficient (Wildman–Crippen LogP) is 4.39. The lowest BCUT2D eigenvalue weighted by atomic mass is 9.92. The van der Waals surface area contributed by atoms with E-state index in [1.54, 1.807) is 44.2 Å². The molecular formula is C19H29F2NO2S. The predicted molar refractivity (Wildman–Crippen MR) is 96.7 cm³/mol. The zero-order valence-electron chi connectivity index (χ0n) is 15.3. The highest BCUT2D eigenvalue weighted by molar-refractivity contribution is 7.92. The Balaban J connectivity index is 1.92. The van der Waals surface area contributed by atoms with E-state index in [0.717, 1.165) is 19.9 Å². The summed E-state index contributed by atoms with van der Waals surface area (Å²) in [5.41, 5.74) is 0. The van der Waals surface area contributed by atoms with E-state index in [9.17, 15) is 17.2 Å². The molecule has 0 aliphatic carbocycles. The van der Waals surface area contributed by atoms with Gasteiger partial charge in [-0.05, 0) is 71.7 Å². The van der Waals surface area contributed by atoms with Crippen molar-refractivity contribution in [3.05, 3.63) is 30.3 Å². The van der Waals surface area contributed by atoms with Gasteiger partial charge < -0.3 is 4.90 Å². The van der Waals surface area contributed by atoms with Crippen molar-refractivity contribution >= 4 is 9.84 Å². The maximum atomic E-state index is 13.5. The van der Waals surface area contributed by atoms with Crippen LogP contribution in [-0.4, -0.2) is 43.6 Å². The summed E-state index contributed by atoms with van der Waals surface area (Å²) >= 11 is 0. The lowest BCUT2D eigenvalue weighted by Crippen LogP contribution is -2.43. The van der Waals surface area contributed by atoms with Crippen LogP contribution in [-0.2, 0) is 9.84 Å². The second kappa shape index (κ2) is 7.70. The number of piperidine rings is 1. The minimum atomic E-state index is -3.41. The molecule has 0 amide bonds. The van der Waals surface area contributed by atoms with Gasteiger partial charge in [-0.25, -0.2) is 17.2 Å². The lowest BCUT2D eigenvalue weighted by Gasteiger charge is -2.36. The van der Waals surface area contributed by atoms with Gasteiger partial charge in [-0.15, -0.1) is 0 Å². The highest BCUT2D eigenvalue weighted by Gasteiger charge is 2.38. The van der Waals surface area contributed by atoms with Gasteiger partial charge in [0.05, 0.1) is 9.64 Å². The molecule has 142 valence electrons. The van der Waals surface area contributed by atoms with Crippen LogP contribution in [0.4, 0.5) is 8.78 Å². The Kier molecular flexibility index (Phi) is 6.26. The third-order valence-corrected chi connectivity index (χ3v) is 7.81. The standard InChI is InChI=1S/C19H29F2NO2S/c1-18(2,25(23,24)17-10-5-4-6-11-17)12-8-14-22-13-7-9-16(15-22)19(3,20)21/h4-6,10-11,16H,7-9,12-15H2,1-3H3. The molecule has 1 aliphatic heterocycles. The SMILES string of the molecule is CC(F)(F)C1CCCN(CCCC(C)(C)S(=O)(=O)c2ccccc2)C1. The van der Waals surface area contributed by atoms with Crippen molar-refractivity contribution in [2.45, 2.75) is 62.0 Å². The molecule has 25 heavy (non-hydrogen) atoms. The second-order valence-corrected chi connectivity index (χ2v) is 10.4. The van der Waals surface area contributed by atoms with E-state index in [1.165, 1.54) is 0 Å². The first kappa shape index (κ1) is 20.3. The zero-order chi connectivity index (χ0) is 18.7. The molecule has 0 radical (unpaired) electrons. The third kappa shape index (κ3) is 5.00. The fourth-order valence-corrected chi connectivity index (χ4v) is 5.02. The summed E-state index contributed by atoms with van der Waals surface area (Å²) in [5, 5.41) is 0. The van der Waals surface area contributed by atoms with Crippen LogP contribution in [0, 0.1) is 5.92 Å². The number of hydrogen-bond acceptors (Lipinski definition) is 3. The minimum Gasteiger partial charge on any atom is -0.303 e. The average molecular weight is 374 g/mol. The van der Waals surface area contributed by atoms with Crippen LogP contribution in [0.5, 0.6) is 0 Å². The molecule has 0 N–H and O–H groups in total. The van der Waals surface area contributed by atoms with E-state index >= 15 is 0 Å². The molecule has 1 unspecified atom stereocenters. The first-order chi connectivity index (χ1) is 11.5. The molecule has 1 aromatic rings. The van der Waals surface area contributed by atoms with Crippen LogP contribution in [0.15, 0.2) is 35.2 Å². The summed E-state index contributed by atoms with van der Waals surface area (Å²) in [6.07, 6.45) is 2.53. The normalized spacial score (nSPS) is 20.6. The first-order valence-corrected chi connectivity index (χ1v) is 10.4. The maximum absolute atomic E-state index is 13.5. The van der Waals surface area contributed by atoms with Gasteiger partial charge in [-0.1, -0.05) is 18.2 Å². The zero-order valence-corrected chi connectivity index (χ0v) is 16.2. The Hall–Kier alpha value is -1.01. The Bertz CT molecular complexity index is 654. The van der Waals surface area contributed by atoms with Gasteiger partial charge >= 0.3 is 0 Å². The second-order valence-electron chi connectivity index (χ2n) is 7.78. The van der Waals surface area contributed by atoms with Crippen LogP contribution >= 0.6 is 0 Å². The van der Waals surface area contributed by atoms with E-state index in [0.29, 0.717) is 37.2 Å². The summed E-state index contributed by atoms with van der Waals surface area (Å²) < 4.78 is 51.8. The third-order valence-electron chi connectivity index (χ3n) is 5.26. The number of alkyl halides is 2. The summed E-state index contributed by atoms with van der Waals surface area (Å²) in [7, 11) is -3.41. The van der Waals surface area contributed by atoms with E-state index in [1.807, 2.05) is 0 Å².